The van der Waals surface area contributed by atoms with Gasteiger partial charge in [-0.25, -0.2) is 4.99 Å². The summed E-state index contributed by atoms with van der Waals surface area (Å²) in [6.45, 7) is 2.38. The van der Waals surface area contributed by atoms with Crippen molar-refractivity contribution >= 4 is 23.2 Å². The molecule has 1 aromatic heterocycles. The van der Waals surface area contributed by atoms with Crippen LogP contribution in [0.3, 0.4) is 0 Å². The molecule has 0 spiro atoms. The maximum atomic E-state index is 11.7. The van der Waals surface area contributed by atoms with Gasteiger partial charge in [0, 0.05) is 27.2 Å². The summed E-state index contributed by atoms with van der Waals surface area (Å²) >= 11 is 1.66. The van der Waals surface area contributed by atoms with E-state index in [2.05, 4.69) is 27.1 Å². The number of hydrogen-bond donors (Lipinski definition) is 2. The molecule has 0 radical (unpaired) electrons. The van der Waals surface area contributed by atoms with Crippen molar-refractivity contribution in [1.82, 2.24) is 15.5 Å². The van der Waals surface area contributed by atoms with Crippen molar-refractivity contribution in [2.75, 3.05) is 33.8 Å². The van der Waals surface area contributed by atoms with Crippen molar-refractivity contribution in [1.29, 1.82) is 0 Å². The lowest BCUT2D eigenvalue weighted by Gasteiger charge is -2.24. The van der Waals surface area contributed by atoms with Gasteiger partial charge in [0.1, 0.15) is 0 Å². The normalized spacial score (nSPS) is 18.5. The second-order valence-electron chi connectivity index (χ2n) is 5.81. The van der Waals surface area contributed by atoms with Gasteiger partial charge in [-0.05, 0) is 41.7 Å². The smallest absolute Gasteiger partial charge is 0.241 e. The molecule has 2 N–H and O–H groups in total. The molecule has 1 aliphatic rings. The topological polar surface area (TPSA) is 66.0 Å². The van der Waals surface area contributed by atoms with Crippen LogP contribution >= 0.6 is 11.3 Å². The van der Waals surface area contributed by atoms with Gasteiger partial charge in [0.25, 0.3) is 0 Å². The van der Waals surface area contributed by atoms with Crippen LogP contribution in [-0.2, 0) is 16.1 Å². The predicted molar refractivity (Wildman–Crippen MR) is 93.7 cm³/mol. The predicted octanol–water partition coefficient (Wildman–Crippen LogP) is 1.44. The summed E-state index contributed by atoms with van der Waals surface area (Å²) in [4.78, 5) is 17.9. The van der Waals surface area contributed by atoms with E-state index in [-0.39, 0.29) is 18.6 Å². The van der Waals surface area contributed by atoms with Crippen molar-refractivity contribution in [3.8, 4) is 0 Å². The highest BCUT2D eigenvalue weighted by Crippen LogP contribution is 2.11. The number of ether oxygens (including phenoxy) is 1. The maximum Gasteiger partial charge on any atom is 0.241 e. The molecular formula is C16H26N4O2S. The van der Waals surface area contributed by atoms with Crippen LogP contribution in [-0.4, -0.2) is 56.7 Å². The second kappa shape index (κ2) is 9.52. The van der Waals surface area contributed by atoms with Gasteiger partial charge in [0.15, 0.2) is 5.96 Å². The number of carbonyl (C=O) groups is 1. The zero-order valence-corrected chi connectivity index (χ0v) is 14.7. The number of rotatable bonds is 6. The molecular weight excluding hydrogens is 312 g/mol. The third kappa shape index (κ3) is 6.58. The first-order chi connectivity index (χ1) is 11.1. The first kappa shape index (κ1) is 17.7. The number of carbonyl (C=O) groups excluding carboxylic acids is 1. The quantitative estimate of drug-likeness (QED) is 0.608. The molecule has 2 heterocycles. The molecule has 0 bridgehead atoms. The number of aliphatic imine (C=N–C) groups is 1. The van der Waals surface area contributed by atoms with Crippen LogP contribution in [0.1, 0.15) is 24.8 Å². The Balaban J connectivity index is 1.86. The molecule has 128 valence electrons. The highest BCUT2D eigenvalue weighted by molar-refractivity contribution is 7.07. The second-order valence-corrected chi connectivity index (χ2v) is 6.59. The van der Waals surface area contributed by atoms with Crippen LogP contribution in [0, 0.1) is 0 Å². The Morgan fingerprint density at radius 1 is 1.43 bits per heavy atom. The number of amides is 1. The van der Waals surface area contributed by atoms with Crippen molar-refractivity contribution in [3.63, 3.8) is 0 Å². The summed E-state index contributed by atoms with van der Waals surface area (Å²) < 4.78 is 5.72. The molecule has 1 amide bonds. The van der Waals surface area contributed by atoms with Gasteiger partial charge in [0.2, 0.25) is 5.91 Å². The third-order valence-electron chi connectivity index (χ3n) is 3.68. The molecule has 23 heavy (non-hydrogen) atoms. The number of guanidine groups is 1. The summed E-state index contributed by atoms with van der Waals surface area (Å²) in [5.41, 5.74) is 1.17. The Morgan fingerprint density at radius 2 is 2.30 bits per heavy atom. The van der Waals surface area contributed by atoms with Gasteiger partial charge < -0.3 is 20.3 Å². The summed E-state index contributed by atoms with van der Waals surface area (Å²) in [6, 6.07) is 2.06. The van der Waals surface area contributed by atoms with E-state index in [1.807, 2.05) is 5.38 Å². The average Bonchev–Trinajstić information content (AvgIpc) is 3.08. The monoisotopic (exact) mass is 338 g/mol. The highest BCUT2D eigenvalue weighted by Gasteiger charge is 2.14. The lowest BCUT2D eigenvalue weighted by atomic mass is 10.1. The lowest BCUT2D eigenvalue weighted by molar-refractivity contribution is -0.127. The fourth-order valence-corrected chi connectivity index (χ4v) is 2.88. The van der Waals surface area contributed by atoms with Crippen molar-refractivity contribution in [2.24, 2.45) is 4.99 Å². The molecule has 0 aliphatic carbocycles. The van der Waals surface area contributed by atoms with Gasteiger partial charge in [-0.3, -0.25) is 4.79 Å². The molecule has 1 unspecified atom stereocenters. The SMILES string of the molecule is CN(C)C(=O)CNC(=NCc1ccsc1)NCC1CCCCO1. The minimum Gasteiger partial charge on any atom is -0.376 e. The maximum absolute atomic E-state index is 11.7. The summed E-state index contributed by atoms with van der Waals surface area (Å²) in [5, 5.41) is 10.5. The molecule has 1 fully saturated rings. The van der Waals surface area contributed by atoms with Crippen molar-refractivity contribution < 1.29 is 9.53 Å². The molecule has 0 aromatic carbocycles. The molecule has 1 aromatic rings. The van der Waals surface area contributed by atoms with Gasteiger partial charge in [0.05, 0.1) is 19.2 Å². The Kier molecular flexibility index (Phi) is 7.35. The van der Waals surface area contributed by atoms with Crippen molar-refractivity contribution in [2.45, 2.75) is 31.9 Å². The Morgan fingerprint density at radius 3 is 2.96 bits per heavy atom. The van der Waals surface area contributed by atoms with E-state index in [0.29, 0.717) is 19.0 Å². The minimum atomic E-state index is 0.0175. The van der Waals surface area contributed by atoms with E-state index < -0.39 is 0 Å². The Bertz CT molecular complexity index is 496. The fourth-order valence-electron chi connectivity index (χ4n) is 2.22. The highest BCUT2D eigenvalue weighted by atomic mass is 32.1. The van der Waals surface area contributed by atoms with Crippen molar-refractivity contribution in [3.05, 3.63) is 22.4 Å². The lowest BCUT2D eigenvalue weighted by Crippen LogP contribution is -2.45. The van der Waals surface area contributed by atoms with E-state index in [1.165, 1.54) is 12.0 Å². The van der Waals surface area contributed by atoms with Gasteiger partial charge in [-0.2, -0.15) is 11.3 Å². The van der Waals surface area contributed by atoms with Crippen LogP contribution in [0.4, 0.5) is 0 Å². The molecule has 7 heteroatoms. The van der Waals surface area contributed by atoms with E-state index in [1.54, 1.807) is 30.3 Å². The van der Waals surface area contributed by atoms with Crippen LogP contribution < -0.4 is 10.6 Å². The number of thiophene rings is 1. The summed E-state index contributed by atoms with van der Waals surface area (Å²) in [7, 11) is 3.49. The first-order valence-corrected chi connectivity index (χ1v) is 8.94. The molecule has 2 rings (SSSR count). The van der Waals surface area contributed by atoms with Gasteiger partial charge in [-0.1, -0.05) is 0 Å². The van der Waals surface area contributed by atoms with E-state index in [0.717, 1.165) is 19.4 Å². The minimum absolute atomic E-state index is 0.0175. The first-order valence-electron chi connectivity index (χ1n) is 8.00. The summed E-state index contributed by atoms with van der Waals surface area (Å²) in [5.74, 6) is 0.671. The number of nitrogens with zero attached hydrogens (tertiary/aromatic N) is 2. The van der Waals surface area contributed by atoms with Crippen LogP contribution in [0.2, 0.25) is 0 Å². The third-order valence-corrected chi connectivity index (χ3v) is 4.41. The van der Waals surface area contributed by atoms with E-state index >= 15 is 0 Å². The molecule has 1 saturated heterocycles. The zero-order valence-electron chi connectivity index (χ0n) is 13.9. The standard InChI is InChI=1S/C16H26N4O2S/c1-20(2)15(21)11-19-16(17-9-13-6-8-23-12-13)18-10-14-5-3-4-7-22-14/h6,8,12,14H,3-5,7,9-11H2,1-2H3,(H2,17,18,19). The van der Waals surface area contributed by atoms with Crippen LogP contribution in [0.5, 0.6) is 0 Å². The number of nitrogens with one attached hydrogen (secondary N) is 2. The van der Waals surface area contributed by atoms with Crippen LogP contribution in [0.25, 0.3) is 0 Å². The van der Waals surface area contributed by atoms with E-state index in [9.17, 15) is 4.79 Å². The molecule has 0 saturated carbocycles. The largest absolute Gasteiger partial charge is 0.376 e. The fraction of sp³-hybridized carbons (Fsp3) is 0.625. The molecule has 1 aliphatic heterocycles. The molecule has 6 nitrogen and oxygen atoms in total. The Hall–Kier alpha value is -1.60. The average molecular weight is 338 g/mol. The number of hydrogen-bond acceptors (Lipinski definition) is 4. The van der Waals surface area contributed by atoms with E-state index in [4.69, 9.17) is 4.74 Å². The zero-order chi connectivity index (χ0) is 16.5. The Labute approximate surface area is 141 Å². The number of likely N-dealkylation sites (N-methyl/N-ethyl adjacent to an activating group) is 1. The van der Waals surface area contributed by atoms with Gasteiger partial charge in [-0.15, -0.1) is 0 Å². The summed E-state index contributed by atoms with van der Waals surface area (Å²) in [6.07, 6.45) is 3.65. The molecule has 1 atom stereocenters. The van der Waals surface area contributed by atoms with Crippen LogP contribution in [0.15, 0.2) is 21.8 Å². The van der Waals surface area contributed by atoms with Gasteiger partial charge >= 0.3 is 0 Å².